The molecule has 4 nitrogen and oxygen atoms in total. The Kier molecular flexibility index (Phi) is 5.85. The van der Waals surface area contributed by atoms with Gasteiger partial charge in [-0.3, -0.25) is 4.98 Å². The molecule has 0 saturated carbocycles. The van der Waals surface area contributed by atoms with Crippen LogP contribution >= 0.6 is 0 Å². The van der Waals surface area contributed by atoms with E-state index in [2.05, 4.69) is 16.5 Å². The molecule has 1 aromatic rings. The van der Waals surface area contributed by atoms with Crippen molar-refractivity contribution >= 4 is 5.97 Å². The lowest BCUT2D eigenvalue weighted by Gasteiger charge is -2.00. The molecule has 1 unspecified atom stereocenters. The first-order valence-electron chi connectivity index (χ1n) is 4.47. The Labute approximate surface area is 87.5 Å². The van der Waals surface area contributed by atoms with Gasteiger partial charge in [0.05, 0.1) is 18.1 Å². The third-order valence-electron chi connectivity index (χ3n) is 1.38. The Morgan fingerprint density at radius 3 is 2.47 bits per heavy atom. The Morgan fingerprint density at radius 1 is 1.53 bits per heavy atom. The number of allylic oxidation sites excluding steroid dienone is 1. The molecule has 1 aromatic heterocycles. The number of hydrogen-bond acceptors (Lipinski definition) is 3. The van der Waals surface area contributed by atoms with Crippen LogP contribution in [0.5, 0.6) is 0 Å². The Bertz CT molecular complexity index is 325. The molecule has 0 aliphatic heterocycles. The Morgan fingerprint density at radius 2 is 2.13 bits per heavy atom. The van der Waals surface area contributed by atoms with Crippen molar-refractivity contribution in [3.63, 3.8) is 0 Å². The number of nitrogens with zero attached hydrogens (tertiary/aromatic N) is 2. The van der Waals surface area contributed by atoms with Crippen LogP contribution in [0.3, 0.4) is 0 Å². The average molecular weight is 212 g/mol. The van der Waals surface area contributed by atoms with Crippen molar-refractivity contribution in [3.8, 4) is 0 Å². The number of carboxylic acid groups (broad SMARTS) is 1. The van der Waals surface area contributed by atoms with E-state index >= 15 is 0 Å². The van der Waals surface area contributed by atoms with Crippen molar-refractivity contribution in [2.75, 3.05) is 0 Å². The largest absolute Gasteiger partial charge is 0.476 e. The highest BCUT2D eigenvalue weighted by Gasteiger charge is 2.09. The minimum atomic E-state index is -1.41. The van der Waals surface area contributed by atoms with Crippen molar-refractivity contribution in [2.45, 2.75) is 20.0 Å². The summed E-state index contributed by atoms with van der Waals surface area (Å²) in [5, 5.41) is 8.46. The summed E-state index contributed by atoms with van der Waals surface area (Å²) in [6, 6.07) is 0. The third-order valence-corrected chi connectivity index (χ3v) is 1.38. The lowest BCUT2D eigenvalue weighted by atomic mass is 10.3. The zero-order chi connectivity index (χ0) is 11.8. The molecule has 1 atom stereocenters. The predicted octanol–water partition coefficient (Wildman–Crippen LogP) is 2.40. The van der Waals surface area contributed by atoms with Gasteiger partial charge in [0.25, 0.3) is 0 Å². The second-order valence-corrected chi connectivity index (χ2v) is 2.27. The Balaban J connectivity index is 0.000000921. The van der Waals surface area contributed by atoms with Crippen LogP contribution in [0.1, 0.15) is 36.2 Å². The zero-order valence-electron chi connectivity index (χ0n) is 8.64. The first-order chi connectivity index (χ1) is 7.15. The zero-order valence-corrected chi connectivity index (χ0v) is 8.64. The maximum absolute atomic E-state index is 12.8. The molecule has 0 bridgehead atoms. The second kappa shape index (κ2) is 6.64. The maximum Gasteiger partial charge on any atom is 0.356 e. The summed E-state index contributed by atoms with van der Waals surface area (Å²) in [4.78, 5) is 17.4. The van der Waals surface area contributed by atoms with E-state index < -0.39 is 12.1 Å². The van der Waals surface area contributed by atoms with Crippen molar-refractivity contribution in [3.05, 3.63) is 36.4 Å². The molecule has 1 heterocycles. The molecule has 5 heteroatoms. The normalized spacial score (nSPS) is 10.9. The summed E-state index contributed by atoms with van der Waals surface area (Å²) in [5.41, 5.74) is -0.153. The van der Waals surface area contributed by atoms with E-state index in [-0.39, 0.29) is 11.4 Å². The number of rotatable bonds is 3. The third kappa shape index (κ3) is 3.84. The summed E-state index contributed by atoms with van der Waals surface area (Å²) in [5.74, 6) is -1.19. The molecule has 15 heavy (non-hydrogen) atoms. The topological polar surface area (TPSA) is 63.1 Å². The van der Waals surface area contributed by atoms with E-state index in [4.69, 9.17) is 5.11 Å². The minimum Gasteiger partial charge on any atom is -0.476 e. The lowest BCUT2D eigenvalue weighted by molar-refractivity contribution is 0.0689. The monoisotopic (exact) mass is 212 g/mol. The van der Waals surface area contributed by atoms with Gasteiger partial charge in [0.15, 0.2) is 11.9 Å². The van der Waals surface area contributed by atoms with E-state index in [1.165, 1.54) is 0 Å². The molecule has 0 amide bonds. The number of aromatic carboxylic acids is 1. The van der Waals surface area contributed by atoms with Crippen LogP contribution in [0.15, 0.2) is 25.0 Å². The number of hydrogen-bond donors (Lipinski definition) is 1. The van der Waals surface area contributed by atoms with Crippen molar-refractivity contribution in [1.82, 2.24) is 9.97 Å². The highest BCUT2D eigenvalue weighted by molar-refractivity contribution is 5.84. The van der Waals surface area contributed by atoms with Crippen molar-refractivity contribution in [1.29, 1.82) is 0 Å². The summed E-state index contributed by atoms with van der Waals surface area (Å²) in [7, 11) is 0. The van der Waals surface area contributed by atoms with Gasteiger partial charge >= 0.3 is 5.97 Å². The molecule has 0 aromatic carbocycles. The van der Waals surface area contributed by atoms with Gasteiger partial charge in [-0.1, -0.05) is 26.5 Å². The van der Waals surface area contributed by atoms with E-state index in [0.29, 0.717) is 0 Å². The second-order valence-electron chi connectivity index (χ2n) is 2.27. The quantitative estimate of drug-likeness (QED) is 0.781. The van der Waals surface area contributed by atoms with Crippen molar-refractivity contribution < 1.29 is 14.3 Å². The molecule has 1 N–H and O–H groups in total. The standard InChI is InChI=1S/C8H7FN2O2.C2H6/c1-2-5(9)6-3-11-7(4-10-6)8(12)13;1-2/h2-5H,1H2,(H,12,13);1-2H3. The van der Waals surface area contributed by atoms with Gasteiger partial charge < -0.3 is 5.11 Å². The molecule has 0 radical (unpaired) electrons. The summed E-state index contributed by atoms with van der Waals surface area (Å²) >= 11 is 0. The van der Waals surface area contributed by atoms with Crippen LogP contribution in [0.25, 0.3) is 0 Å². The van der Waals surface area contributed by atoms with Crippen LogP contribution in [0.2, 0.25) is 0 Å². The summed E-state index contributed by atoms with van der Waals surface area (Å²) in [6.07, 6.45) is 1.74. The fourth-order valence-corrected chi connectivity index (χ4v) is 0.712. The highest BCUT2D eigenvalue weighted by atomic mass is 19.1. The van der Waals surface area contributed by atoms with Gasteiger partial charge in [-0.15, -0.1) is 0 Å². The van der Waals surface area contributed by atoms with Crippen LogP contribution in [-0.4, -0.2) is 21.0 Å². The number of alkyl halides is 1. The molecule has 0 fully saturated rings. The van der Waals surface area contributed by atoms with Crippen LogP contribution in [-0.2, 0) is 0 Å². The first kappa shape index (κ1) is 13.2. The Hall–Kier alpha value is -1.78. The predicted molar refractivity (Wildman–Crippen MR) is 54.4 cm³/mol. The molecular formula is C10H13FN2O2. The smallest absolute Gasteiger partial charge is 0.356 e. The van der Waals surface area contributed by atoms with E-state index in [9.17, 15) is 9.18 Å². The van der Waals surface area contributed by atoms with E-state index in [1.54, 1.807) is 0 Å². The molecule has 0 spiro atoms. The van der Waals surface area contributed by atoms with Gasteiger partial charge in [0.1, 0.15) is 0 Å². The van der Waals surface area contributed by atoms with E-state index in [0.717, 1.165) is 18.5 Å². The van der Waals surface area contributed by atoms with E-state index in [1.807, 2.05) is 13.8 Å². The number of carboxylic acids is 1. The molecule has 0 aliphatic carbocycles. The number of halogens is 1. The fourth-order valence-electron chi connectivity index (χ4n) is 0.712. The molecule has 0 aliphatic rings. The molecule has 1 rings (SSSR count). The lowest BCUT2D eigenvalue weighted by Crippen LogP contribution is -2.03. The van der Waals surface area contributed by atoms with Gasteiger partial charge in [-0.2, -0.15) is 0 Å². The number of aromatic nitrogens is 2. The molecule has 82 valence electrons. The average Bonchev–Trinajstić information content (AvgIpc) is 2.31. The van der Waals surface area contributed by atoms with Gasteiger partial charge in [0.2, 0.25) is 0 Å². The van der Waals surface area contributed by atoms with Crippen LogP contribution < -0.4 is 0 Å². The fraction of sp³-hybridized carbons (Fsp3) is 0.300. The van der Waals surface area contributed by atoms with Crippen LogP contribution in [0, 0.1) is 0 Å². The SMILES string of the molecule is C=CC(F)c1cnc(C(=O)O)cn1.CC. The molecule has 0 saturated heterocycles. The molecular weight excluding hydrogens is 199 g/mol. The van der Waals surface area contributed by atoms with Gasteiger partial charge in [-0.05, 0) is 0 Å². The van der Waals surface area contributed by atoms with Gasteiger partial charge in [0, 0.05) is 0 Å². The van der Waals surface area contributed by atoms with Gasteiger partial charge in [-0.25, -0.2) is 14.2 Å². The van der Waals surface area contributed by atoms with Crippen LogP contribution in [0.4, 0.5) is 4.39 Å². The first-order valence-corrected chi connectivity index (χ1v) is 4.47. The summed E-state index contributed by atoms with van der Waals surface area (Å²) in [6.45, 7) is 7.24. The minimum absolute atomic E-state index is 0.0556. The highest BCUT2D eigenvalue weighted by Crippen LogP contribution is 2.13. The number of carbonyl (C=O) groups is 1. The summed E-state index contributed by atoms with van der Waals surface area (Å²) < 4.78 is 12.8. The maximum atomic E-state index is 12.8. The van der Waals surface area contributed by atoms with Crippen molar-refractivity contribution in [2.24, 2.45) is 0 Å².